The summed E-state index contributed by atoms with van der Waals surface area (Å²) in [4.78, 5) is 0. The highest BCUT2D eigenvalue weighted by Crippen LogP contribution is 2.33. The molecule has 2 fully saturated rings. The zero-order valence-electron chi connectivity index (χ0n) is 11.7. The molecule has 2 aliphatic heterocycles. The molecule has 0 aliphatic carbocycles. The molecule has 1 aromatic rings. The number of hydrogen-bond acceptors (Lipinski definition) is 5. The number of aryl methyl sites for hydroxylation is 2. The Morgan fingerprint density at radius 2 is 2.26 bits per heavy atom. The van der Waals surface area contributed by atoms with Crippen LogP contribution in [0.3, 0.4) is 0 Å². The van der Waals surface area contributed by atoms with Gasteiger partial charge in [-0.25, -0.2) is 0 Å². The molecular weight excluding hydrogens is 244 g/mol. The first-order valence-corrected chi connectivity index (χ1v) is 7.05. The van der Waals surface area contributed by atoms with Crippen molar-refractivity contribution in [3.63, 3.8) is 0 Å². The van der Waals surface area contributed by atoms with Crippen molar-refractivity contribution >= 4 is 0 Å². The van der Waals surface area contributed by atoms with Crippen LogP contribution in [0.4, 0.5) is 0 Å². The summed E-state index contributed by atoms with van der Waals surface area (Å²) in [6.07, 6.45) is 3.12. The van der Waals surface area contributed by atoms with Crippen LogP contribution >= 0.6 is 0 Å². The quantitative estimate of drug-likeness (QED) is 0.902. The predicted molar refractivity (Wildman–Crippen MR) is 70.0 cm³/mol. The second-order valence-electron chi connectivity index (χ2n) is 5.71. The molecule has 19 heavy (non-hydrogen) atoms. The first kappa shape index (κ1) is 13.1. The van der Waals surface area contributed by atoms with Crippen molar-refractivity contribution < 1.29 is 14.0 Å². The topological polar surface area (TPSA) is 56.5 Å². The molecule has 0 radical (unpaired) electrons. The second kappa shape index (κ2) is 5.23. The molecule has 106 valence electrons. The van der Waals surface area contributed by atoms with E-state index in [1.165, 1.54) is 5.56 Å². The van der Waals surface area contributed by atoms with Gasteiger partial charge in [-0.15, -0.1) is 0 Å². The number of aromatic nitrogens is 1. The van der Waals surface area contributed by atoms with Gasteiger partial charge in [0.15, 0.2) is 0 Å². The van der Waals surface area contributed by atoms with E-state index in [-0.39, 0.29) is 5.60 Å². The summed E-state index contributed by atoms with van der Waals surface area (Å²) >= 11 is 0. The van der Waals surface area contributed by atoms with Crippen molar-refractivity contribution in [2.45, 2.75) is 51.3 Å². The molecule has 5 nitrogen and oxygen atoms in total. The third kappa shape index (κ3) is 2.68. The Labute approximate surface area is 113 Å². The summed E-state index contributed by atoms with van der Waals surface area (Å²) in [6, 6.07) is 0.490. The highest BCUT2D eigenvalue weighted by Gasteiger charge is 2.40. The van der Waals surface area contributed by atoms with Crippen LogP contribution in [0, 0.1) is 13.8 Å². The minimum absolute atomic E-state index is 0.0331. The van der Waals surface area contributed by atoms with Gasteiger partial charge in [0.2, 0.25) is 0 Å². The van der Waals surface area contributed by atoms with Gasteiger partial charge in [-0.1, -0.05) is 5.16 Å². The van der Waals surface area contributed by atoms with E-state index in [0.717, 1.165) is 57.1 Å². The summed E-state index contributed by atoms with van der Waals surface area (Å²) < 4.78 is 16.6. The maximum absolute atomic E-state index is 5.95. The van der Waals surface area contributed by atoms with Crippen LogP contribution in [0.25, 0.3) is 0 Å². The van der Waals surface area contributed by atoms with Crippen LogP contribution in [0.2, 0.25) is 0 Å². The first-order chi connectivity index (χ1) is 9.19. The lowest BCUT2D eigenvalue weighted by Gasteiger charge is -2.37. The van der Waals surface area contributed by atoms with Gasteiger partial charge in [0, 0.05) is 37.8 Å². The number of nitrogens with one attached hydrogen (secondary N) is 1. The molecular formula is C14H22N2O3. The Hall–Kier alpha value is -0.910. The van der Waals surface area contributed by atoms with E-state index in [2.05, 4.69) is 10.5 Å². The molecule has 5 heteroatoms. The lowest BCUT2D eigenvalue weighted by Crippen LogP contribution is -2.47. The van der Waals surface area contributed by atoms with E-state index >= 15 is 0 Å². The Bertz CT molecular complexity index is 418. The summed E-state index contributed by atoms with van der Waals surface area (Å²) in [5, 5.41) is 7.61. The SMILES string of the molecule is Cc1noc(C)c1CNC1CCOC2(CCOC2)C1. The van der Waals surface area contributed by atoms with Gasteiger partial charge in [0.05, 0.1) is 17.9 Å². The largest absolute Gasteiger partial charge is 0.378 e. The van der Waals surface area contributed by atoms with Crippen LogP contribution in [-0.4, -0.2) is 36.6 Å². The predicted octanol–water partition coefficient (Wildman–Crippen LogP) is 1.72. The molecule has 1 aromatic heterocycles. The number of nitrogens with zero attached hydrogens (tertiary/aromatic N) is 1. The zero-order chi connectivity index (χ0) is 13.3. The lowest BCUT2D eigenvalue weighted by molar-refractivity contribution is -0.0894. The Morgan fingerprint density at radius 1 is 1.37 bits per heavy atom. The molecule has 0 amide bonds. The standard InChI is InChI=1S/C14H22N2O3/c1-10-13(11(2)19-16-10)8-15-12-3-5-18-14(7-12)4-6-17-9-14/h12,15H,3-9H2,1-2H3. The molecule has 2 atom stereocenters. The number of rotatable bonds is 3. The maximum atomic E-state index is 5.95. The van der Waals surface area contributed by atoms with Gasteiger partial charge >= 0.3 is 0 Å². The third-order valence-corrected chi connectivity index (χ3v) is 4.31. The van der Waals surface area contributed by atoms with Gasteiger partial charge in [-0.2, -0.15) is 0 Å². The molecule has 1 spiro atoms. The monoisotopic (exact) mass is 266 g/mol. The van der Waals surface area contributed by atoms with E-state index in [1.54, 1.807) is 0 Å². The summed E-state index contributed by atoms with van der Waals surface area (Å²) in [5.41, 5.74) is 2.13. The Morgan fingerprint density at radius 3 is 2.95 bits per heavy atom. The molecule has 2 aliphatic rings. The van der Waals surface area contributed by atoms with Crippen LogP contribution in [0.15, 0.2) is 4.52 Å². The fraction of sp³-hybridized carbons (Fsp3) is 0.786. The van der Waals surface area contributed by atoms with E-state index in [4.69, 9.17) is 14.0 Å². The van der Waals surface area contributed by atoms with Crippen molar-refractivity contribution in [1.29, 1.82) is 0 Å². The van der Waals surface area contributed by atoms with Crippen LogP contribution in [0.1, 0.15) is 36.3 Å². The highest BCUT2D eigenvalue weighted by molar-refractivity contribution is 5.20. The van der Waals surface area contributed by atoms with Crippen molar-refractivity contribution in [3.8, 4) is 0 Å². The summed E-state index contributed by atoms with van der Waals surface area (Å²) in [5.74, 6) is 0.913. The van der Waals surface area contributed by atoms with E-state index in [1.807, 2.05) is 13.8 Å². The number of hydrogen-bond donors (Lipinski definition) is 1. The van der Waals surface area contributed by atoms with Crippen LogP contribution < -0.4 is 5.32 Å². The minimum Gasteiger partial charge on any atom is -0.378 e. The van der Waals surface area contributed by atoms with Crippen LogP contribution in [-0.2, 0) is 16.0 Å². The van der Waals surface area contributed by atoms with Gasteiger partial charge in [0.1, 0.15) is 5.76 Å². The average molecular weight is 266 g/mol. The molecule has 0 saturated carbocycles. The van der Waals surface area contributed by atoms with Gasteiger partial charge in [-0.3, -0.25) is 0 Å². The summed E-state index contributed by atoms with van der Waals surface area (Å²) in [6.45, 7) is 7.18. The second-order valence-corrected chi connectivity index (χ2v) is 5.71. The molecule has 3 heterocycles. The van der Waals surface area contributed by atoms with Crippen molar-refractivity contribution in [1.82, 2.24) is 10.5 Å². The van der Waals surface area contributed by atoms with Crippen molar-refractivity contribution in [2.24, 2.45) is 0 Å². The molecule has 2 saturated heterocycles. The smallest absolute Gasteiger partial charge is 0.138 e. The summed E-state index contributed by atoms with van der Waals surface area (Å²) in [7, 11) is 0. The van der Waals surface area contributed by atoms with Gasteiger partial charge in [-0.05, 0) is 26.7 Å². The minimum atomic E-state index is -0.0331. The molecule has 0 bridgehead atoms. The highest BCUT2D eigenvalue weighted by atomic mass is 16.6. The number of ether oxygens (including phenoxy) is 2. The van der Waals surface area contributed by atoms with Gasteiger partial charge < -0.3 is 19.3 Å². The Balaban J connectivity index is 1.58. The Kier molecular flexibility index (Phi) is 3.60. The fourth-order valence-corrected chi connectivity index (χ4v) is 3.07. The van der Waals surface area contributed by atoms with Crippen molar-refractivity contribution in [2.75, 3.05) is 19.8 Å². The third-order valence-electron chi connectivity index (χ3n) is 4.31. The first-order valence-electron chi connectivity index (χ1n) is 7.05. The molecule has 1 N–H and O–H groups in total. The zero-order valence-corrected chi connectivity index (χ0v) is 11.7. The molecule has 0 aromatic carbocycles. The van der Waals surface area contributed by atoms with E-state index in [9.17, 15) is 0 Å². The molecule has 2 unspecified atom stereocenters. The van der Waals surface area contributed by atoms with Gasteiger partial charge in [0.25, 0.3) is 0 Å². The molecule has 3 rings (SSSR count). The maximum Gasteiger partial charge on any atom is 0.138 e. The fourth-order valence-electron chi connectivity index (χ4n) is 3.07. The van der Waals surface area contributed by atoms with E-state index < -0.39 is 0 Å². The normalized spacial score (nSPS) is 31.2. The average Bonchev–Trinajstić information content (AvgIpc) is 2.96. The van der Waals surface area contributed by atoms with Crippen molar-refractivity contribution in [3.05, 3.63) is 17.0 Å². The van der Waals surface area contributed by atoms with E-state index in [0.29, 0.717) is 6.04 Å². The lowest BCUT2D eigenvalue weighted by atomic mass is 9.89. The van der Waals surface area contributed by atoms with Crippen LogP contribution in [0.5, 0.6) is 0 Å².